The molecule has 2 heterocycles. The van der Waals surface area contributed by atoms with E-state index in [9.17, 15) is 9.90 Å². The van der Waals surface area contributed by atoms with Crippen molar-refractivity contribution in [1.82, 2.24) is 19.7 Å². The zero-order chi connectivity index (χ0) is 16.0. The van der Waals surface area contributed by atoms with Crippen LogP contribution in [0.5, 0.6) is 5.88 Å². The molecule has 2 aromatic heterocycles. The van der Waals surface area contributed by atoms with Crippen LogP contribution < -0.4 is 5.32 Å². The molecule has 0 aliphatic heterocycles. The first-order valence-electron chi connectivity index (χ1n) is 7.43. The van der Waals surface area contributed by atoms with Gasteiger partial charge in [0.05, 0.1) is 16.7 Å². The number of para-hydroxylation sites is 2. The molecule has 7 heteroatoms. The number of nitrogens with zero attached hydrogens (tertiary/aromatic N) is 4. The van der Waals surface area contributed by atoms with Crippen LogP contribution in [0.1, 0.15) is 34.9 Å². The molecule has 7 nitrogen and oxygen atoms in total. The molecule has 1 aliphatic rings. The number of benzene rings is 1. The molecular formula is C16H15N5O2. The minimum atomic E-state index is -0.508. The van der Waals surface area contributed by atoms with E-state index in [-0.39, 0.29) is 11.6 Å². The van der Waals surface area contributed by atoms with E-state index in [1.165, 1.54) is 0 Å². The second-order valence-electron chi connectivity index (χ2n) is 5.69. The average molecular weight is 309 g/mol. The quantitative estimate of drug-likeness (QED) is 0.773. The van der Waals surface area contributed by atoms with Gasteiger partial charge in [0.2, 0.25) is 5.88 Å². The lowest BCUT2D eigenvalue weighted by Crippen LogP contribution is -2.16. The van der Waals surface area contributed by atoms with Gasteiger partial charge in [-0.3, -0.25) is 9.48 Å². The number of amides is 1. The van der Waals surface area contributed by atoms with Crippen molar-refractivity contribution in [3.63, 3.8) is 0 Å². The highest BCUT2D eigenvalue weighted by Crippen LogP contribution is 2.39. The summed E-state index contributed by atoms with van der Waals surface area (Å²) in [6, 6.07) is 8.94. The Bertz CT molecular complexity index is 914. The lowest BCUT2D eigenvalue weighted by atomic mass is 10.2. The fourth-order valence-corrected chi connectivity index (χ4v) is 2.50. The standard InChI is InChI=1S/C16H15N5O2/c1-21-13(8-12(20-21)9-6-7-9)19-16(23)14-15(22)18-11-5-3-2-4-10(11)17-14/h2-5,8-9H,6-7H2,1H3,(H,18,22)(H,19,23). The Morgan fingerprint density at radius 2 is 1.96 bits per heavy atom. The van der Waals surface area contributed by atoms with Gasteiger partial charge in [0, 0.05) is 19.0 Å². The smallest absolute Gasteiger partial charge is 0.281 e. The number of carbonyl (C=O) groups excluding carboxylic acids is 1. The minimum Gasteiger partial charge on any atom is -0.492 e. The molecule has 0 bridgehead atoms. The van der Waals surface area contributed by atoms with Gasteiger partial charge in [0.25, 0.3) is 5.91 Å². The van der Waals surface area contributed by atoms with E-state index in [2.05, 4.69) is 20.4 Å². The first kappa shape index (κ1) is 13.7. The normalized spacial score (nSPS) is 14.1. The van der Waals surface area contributed by atoms with Crippen LogP contribution in [-0.4, -0.2) is 30.8 Å². The molecule has 0 atom stereocenters. The number of aromatic nitrogens is 4. The van der Waals surface area contributed by atoms with Crippen molar-refractivity contribution in [2.45, 2.75) is 18.8 Å². The van der Waals surface area contributed by atoms with Gasteiger partial charge in [-0.2, -0.15) is 5.10 Å². The molecule has 1 saturated carbocycles. The highest BCUT2D eigenvalue weighted by Gasteiger charge is 2.27. The van der Waals surface area contributed by atoms with E-state index in [4.69, 9.17) is 0 Å². The summed E-state index contributed by atoms with van der Waals surface area (Å²) in [5, 5.41) is 17.1. The maximum Gasteiger partial charge on any atom is 0.281 e. The van der Waals surface area contributed by atoms with E-state index < -0.39 is 5.91 Å². The zero-order valence-corrected chi connectivity index (χ0v) is 12.5. The fraction of sp³-hybridized carbons (Fsp3) is 0.250. The van der Waals surface area contributed by atoms with Gasteiger partial charge in [0.15, 0.2) is 5.69 Å². The molecule has 1 amide bonds. The van der Waals surface area contributed by atoms with E-state index in [0.717, 1.165) is 18.5 Å². The maximum atomic E-state index is 12.4. The molecular weight excluding hydrogens is 294 g/mol. The third-order valence-electron chi connectivity index (χ3n) is 3.90. The van der Waals surface area contributed by atoms with E-state index in [1.807, 2.05) is 6.07 Å². The van der Waals surface area contributed by atoms with Gasteiger partial charge in [-0.1, -0.05) is 12.1 Å². The molecule has 0 saturated heterocycles. The van der Waals surface area contributed by atoms with Gasteiger partial charge in [0.1, 0.15) is 5.82 Å². The maximum absolute atomic E-state index is 12.4. The largest absolute Gasteiger partial charge is 0.492 e. The molecule has 23 heavy (non-hydrogen) atoms. The van der Waals surface area contributed by atoms with Crippen molar-refractivity contribution in [2.75, 3.05) is 5.32 Å². The summed E-state index contributed by atoms with van der Waals surface area (Å²) < 4.78 is 1.62. The topological polar surface area (TPSA) is 92.9 Å². The van der Waals surface area contributed by atoms with Crippen LogP contribution in [0.15, 0.2) is 30.3 Å². The Kier molecular flexibility index (Phi) is 3.00. The second kappa shape index (κ2) is 5.05. The van der Waals surface area contributed by atoms with Gasteiger partial charge in [-0.05, 0) is 25.0 Å². The van der Waals surface area contributed by atoms with E-state index in [1.54, 1.807) is 36.0 Å². The lowest BCUT2D eigenvalue weighted by Gasteiger charge is -2.06. The van der Waals surface area contributed by atoms with Gasteiger partial charge in [-0.15, -0.1) is 0 Å². The number of carbonyl (C=O) groups is 1. The molecule has 4 rings (SSSR count). The molecule has 1 aliphatic carbocycles. The molecule has 116 valence electrons. The predicted molar refractivity (Wildman–Crippen MR) is 84.3 cm³/mol. The lowest BCUT2D eigenvalue weighted by molar-refractivity contribution is 0.101. The molecule has 1 aromatic carbocycles. The van der Waals surface area contributed by atoms with Crippen molar-refractivity contribution in [1.29, 1.82) is 0 Å². The van der Waals surface area contributed by atoms with Crippen molar-refractivity contribution in [3.8, 4) is 5.88 Å². The SMILES string of the molecule is Cn1nc(C2CC2)cc1NC(=O)c1nc2ccccc2nc1O. The molecule has 2 N–H and O–H groups in total. The summed E-state index contributed by atoms with van der Waals surface area (Å²) >= 11 is 0. The van der Waals surface area contributed by atoms with E-state index >= 15 is 0 Å². The first-order valence-corrected chi connectivity index (χ1v) is 7.43. The third-order valence-corrected chi connectivity index (χ3v) is 3.90. The summed E-state index contributed by atoms with van der Waals surface area (Å²) in [5.74, 6) is 0.184. The van der Waals surface area contributed by atoms with Crippen molar-refractivity contribution in [3.05, 3.63) is 41.7 Å². The molecule has 1 fully saturated rings. The summed E-state index contributed by atoms with van der Waals surface area (Å²) in [7, 11) is 1.77. The summed E-state index contributed by atoms with van der Waals surface area (Å²) in [4.78, 5) is 20.6. The van der Waals surface area contributed by atoms with Crippen LogP contribution >= 0.6 is 0 Å². The molecule has 0 spiro atoms. The van der Waals surface area contributed by atoms with Gasteiger partial charge < -0.3 is 10.4 Å². The Morgan fingerprint density at radius 1 is 1.26 bits per heavy atom. The summed E-state index contributed by atoms with van der Waals surface area (Å²) in [6.45, 7) is 0. The zero-order valence-electron chi connectivity index (χ0n) is 12.5. The number of rotatable bonds is 3. The first-order chi connectivity index (χ1) is 11.1. The number of anilines is 1. The number of hydrogen-bond acceptors (Lipinski definition) is 5. The molecule has 3 aromatic rings. The third kappa shape index (κ3) is 2.50. The molecule has 0 radical (unpaired) electrons. The average Bonchev–Trinajstić information content (AvgIpc) is 3.32. The number of nitrogens with one attached hydrogen (secondary N) is 1. The van der Waals surface area contributed by atoms with Crippen molar-refractivity contribution in [2.24, 2.45) is 7.05 Å². The monoisotopic (exact) mass is 309 g/mol. The van der Waals surface area contributed by atoms with Crippen molar-refractivity contribution >= 4 is 22.8 Å². The van der Waals surface area contributed by atoms with Gasteiger partial charge >= 0.3 is 0 Å². The number of aromatic hydroxyl groups is 1. The number of aryl methyl sites for hydroxylation is 1. The summed E-state index contributed by atoms with van der Waals surface area (Å²) in [6.07, 6.45) is 2.28. The Labute approximate surface area is 132 Å². The minimum absolute atomic E-state index is 0.0992. The highest BCUT2D eigenvalue weighted by molar-refractivity contribution is 6.04. The van der Waals surface area contributed by atoms with Crippen LogP contribution in [0.25, 0.3) is 11.0 Å². The second-order valence-corrected chi connectivity index (χ2v) is 5.69. The van der Waals surface area contributed by atoms with Crippen LogP contribution in [-0.2, 0) is 7.05 Å². The highest BCUT2D eigenvalue weighted by atomic mass is 16.3. The Balaban J connectivity index is 1.65. The predicted octanol–water partition coefficient (Wildman–Crippen LogP) is 2.20. The van der Waals surface area contributed by atoms with Crippen molar-refractivity contribution < 1.29 is 9.90 Å². The summed E-state index contributed by atoms with van der Waals surface area (Å²) in [5.41, 5.74) is 1.98. The van der Waals surface area contributed by atoms with Crippen LogP contribution in [0, 0.1) is 0 Å². The van der Waals surface area contributed by atoms with Crippen LogP contribution in [0.2, 0.25) is 0 Å². The Morgan fingerprint density at radius 3 is 2.65 bits per heavy atom. The van der Waals surface area contributed by atoms with Gasteiger partial charge in [-0.25, -0.2) is 9.97 Å². The number of fused-ring (bicyclic) bond motifs is 1. The number of hydrogen-bond donors (Lipinski definition) is 2. The Hall–Kier alpha value is -2.96. The van der Waals surface area contributed by atoms with E-state index in [0.29, 0.717) is 22.8 Å². The molecule has 0 unspecified atom stereocenters. The van der Waals surface area contributed by atoms with Crippen LogP contribution in [0.3, 0.4) is 0 Å². The van der Waals surface area contributed by atoms with Crippen LogP contribution in [0.4, 0.5) is 5.82 Å². The fourth-order valence-electron chi connectivity index (χ4n) is 2.50.